The third-order valence-corrected chi connectivity index (χ3v) is 4.45. The van der Waals surface area contributed by atoms with Gasteiger partial charge in [0.25, 0.3) is 5.91 Å². The van der Waals surface area contributed by atoms with E-state index in [1.807, 2.05) is 38.1 Å². The molecule has 6 heteroatoms. The summed E-state index contributed by atoms with van der Waals surface area (Å²) in [5.74, 6) is -0.279. The van der Waals surface area contributed by atoms with Crippen molar-refractivity contribution in [2.45, 2.75) is 39.8 Å². The summed E-state index contributed by atoms with van der Waals surface area (Å²) >= 11 is 0. The van der Waals surface area contributed by atoms with Crippen molar-refractivity contribution < 1.29 is 18.7 Å². The van der Waals surface area contributed by atoms with Crippen molar-refractivity contribution in [1.82, 2.24) is 10.3 Å². The lowest BCUT2D eigenvalue weighted by atomic mass is 10.0. The highest BCUT2D eigenvalue weighted by Crippen LogP contribution is 2.24. The summed E-state index contributed by atoms with van der Waals surface area (Å²) in [6, 6.07) is 10.9. The van der Waals surface area contributed by atoms with E-state index in [-0.39, 0.29) is 12.5 Å². The number of amides is 1. The standard InChI is InChI=1S/C21H22N2O4/c1-4-17-13(2)19(16-9-5-6-10-18(16)23-17)21(25)27-14(3)20(24)22-12-15-8-7-11-26-15/h5-11,14H,4,12H2,1-3H3,(H,22,24)/t14-/m0/s1. The van der Waals surface area contributed by atoms with Gasteiger partial charge in [-0.15, -0.1) is 0 Å². The molecule has 0 aliphatic carbocycles. The van der Waals surface area contributed by atoms with E-state index in [9.17, 15) is 9.59 Å². The average Bonchev–Trinajstić information content (AvgIpc) is 3.18. The van der Waals surface area contributed by atoms with Crippen molar-refractivity contribution in [2.24, 2.45) is 0 Å². The lowest BCUT2D eigenvalue weighted by molar-refractivity contribution is -0.129. The maximum absolute atomic E-state index is 12.8. The molecule has 0 fully saturated rings. The van der Waals surface area contributed by atoms with Crippen molar-refractivity contribution in [2.75, 3.05) is 0 Å². The third-order valence-electron chi connectivity index (χ3n) is 4.45. The Labute approximate surface area is 157 Å². The molecule has 27 heavy (non-hydrogen) atoms. The number of pyridine rings is 1. The monoisotopic (exact) mass is 366 g/mol. The van der Waals surface area contributed by atoms with Crippen LogP contribution in [0.3, 0.4) is 0 Å². The second-order valence-corrected chi connectivity index (χ2v) is 6.27. The lowest BCUT2D eigenvalue weighted by Crippen LogP contribution is -2.35. The van der Waals surface area contributed by atoms with Gasteiger partial charge in [0.15, 0.2) is 6.10 Å². The molecule has 1 N–H and O–H groups in total. The van der Waals surface area contributed by atoms with Crippen LogP contribution in [0.25, 0.3) is 10.9 Å². The van der Waals surface area contributed by atoms with E-state index >= 15 is 0 Å². The first-order chi connectivity index (χ1) is 13.0. The van der Waals surface area contributed by atoms with E-state index in [4.69, 9.17) is 9.15 Å². The largest absolute Gasteiger partial charge is 0.467 e. The molecular weight excluding hydrogens is 344 g/mol. The lowest BCUT2D eigenvalue weighted by Gasteiger charge is -2.16. The second kappa shape index (κ2) is 8.03. The smallest absolute Gasteiger partial charge is 0.339 e. The van der Waals surface area contributed by atoms with Gasteiger partial charge in [-0.3, -0.25) is 9.78 Å². The molecule has 0 radical (unpaired) electrons. The second-order valence-electron chi connectivity index (χ2n) is 6.27. The number of ether oxygens (including phenoxy) is 1. The number of benzene rings is 1. The van der Waals surface area contributed by atoms with Crippen LogP contribution in [-0.4, -0.2) is 23.0 Å². The molecule has 1 aromatic carbocycles. The van der Waals surface area contributed by atoms with Crippen LogP contribution in [0.1, 0.15) is 41.2 Å². The molecule has 0 bridgehead atoms. The summed E-state index contributed by atoms with van der Waals surface area (Å²) in [6.07, 6.45) is 1.31. The molecule has 3 aromatic rings. The number of carbonyl (C=O) groups excluding carboxylic acids is 2. The number of fused-ring (bicyclic) bond motifs is 1. The van der Waals surface area contributed by atoms with E-state index in [2.05, 4.69) is 10.3 Å². The highest BCUT2D eigenvalue weighted by atomic mass is 16.5. The van der Waals surface area contributed by atoms with Crippen LogP contribution < -0.4 is 5.32 Å². The number of hydrogen-bond acceptors (Lipinski definition) is 5. The van der Waals surface area contributed by atoms with E-state index in [0.717, 1.165) is 22.2 Å². The van der Waals surface area contributed by atoms with Gasteiger partial charge in [0.2, 0.25) is 0 Å². The molecule has 0 saturated heterocycles. The van der Waals surface area contributed by atoms with Crippen LogP contribution in [0.15, 0.2) is 47.1 Å². The van der Waals surface area contributed by atoms with Gasteiger partial charge in [-0.05, 0) is 44.0 Å². The van der Waals surface area contributed by atoms with Gasteiger partial charge in [0.1, 0.15) is 5.76 Å². The Hall–Kier alpha value is -3.15. The number of esters is 1. The fourth-order valence-electron chi connectivity index (χ4n) is 2.97. The molecule has 0 unspecified atom stereocenters. The number of rotatable bonds is 6. The van der Waals surface area contributed by atoms with Crippen molar-refractivity contribution in [1.29, 1.82) is 0 Å². The van der Waals surface area contributed by atoms with Gasteiger partial charge < -0.3 is 14.5 Å². The van der Waals surface area contributed by atoms with E-state index in [0.29, 0.717) is 17.7 Å². The van der Waals surface area contributed by atoms with Gasteiger partial charge in [0.05, 0.1) is 23.9 Å². The van der Waals surface area contributed by atoms with Crippen molar-refractivity contribution in [3.05, 3.63) is 65.2 Å². The number of aromatic nitrogens is 1. The Balaban J connectivity index is 1.79. The van der Waals surface area contributed by atoms with Crippen LogP contribution in [0.5, 0.6) is 0 Å². The predicted molar refractivity (Wildman–Crippen MR) is 101 cm³/mol. The summed E-state index contributed by atoms with van der Waals surface area (Å²) in [5, 5.41) is 3.42. The molecule has 1 amide bonds. The number of carbonyl (C=O) groups is 2. The predicted octanol–water partition coefficient (Wildman–Crippen LogP) is 3.56. The highest BCUT2D eigenvalue weighted by molar-refractivity contribution is 6.05. The van der Waals surface area contributed by atoms with Crippen molar-refractivity contribution in [3.8, 4) is 0 Å². The van der Waals surface area contributed by atoms with Crippen molar-refractivity contribution >= 4 is 22.8 Å². The number of hydrogen-bond donors (Lipinski definition) is 1. The van der Waals surface area contributed by atoms with E-state index < -0.39 is 12.1 Å². The van der Waals surface area contributed by atoms with Gasteiger partial charge in [-0.1, -0.05) is 25.1 Å². The first-order valence-electron chi connectivity index (χ1n) is 8.90. The minimum absolute atomic E-state index is 0.241. The fraction of sp³-hybridized carbons (Fsp3) is 0.286. The molecule has 0 aliphatic rings. The molecular formula is C21H22N2O4. The van der Waals surface area contributed by atoms with Crippen LogP contribution in [0.2, 0.25) is 0 Å². The zero-order valence-electron chi connectivity index (χ0n) is 15.6. The van der Waals surface area contributed by atoms with Crippen LogP contribution in [-0.2, 0) is 22.5 Å². The molecule has 2 heterocycles. The fourth-order valence-corrected chi connectivity index (χ4v) is 2.97. The van der Waals surface area contributed by atoms with Crippen LogP contribution >= 0.6 is 0 Å². The van der Waals surface area contributed by atoms with Gasteiger partial charge >= 0.3 is 5.97 Å². The number of furan rings is 1. The maximum atomic E-state index is 12.8. The molecule has 0 saturated carbocycles. The summed E-state index contributed by atoms with van der Waals surface area (Å²) in [4.78, 5) is 29.7. The SMILES string of the molecule is CCc1nc2ccccc2c(C(=O)O[C@@H](C)C(=O)NCc2ccco2)c1C. The first kappa shape index (κ1) is 18.6. The summed E-state index contributed by atoms with van der Waals surface area (Å²) in [7, 11) is 0. The highest BCUT2D eigenvalue weighted by Gasteiger charge is 2.23. The zero-order chi connectivity index (χ0) is 19.4. The van der Waals surface area contributed by atoms with Gasteiger partial charge in [-0.25, -0.2) is 4.79 Å². The molecule has 2 aromatic heterocycles. The van der Waals surface area contributed by atoms with E-state index in [1.165, 1.54) is 6.26 Å². The number of para-hydroxylation sites is 1. The summed E-state index contributed by atoms with van der Waals surface area (Å²) < 4.78 is 10.6. The molecule has 1 atom stereocenters. The molecule has 3 rings (SSSR count). The number of aryl methyl sites for hydroxylation is 1. The number of nitrogens with one attached hydrogen (secondary N) is 1. The molecule has 0 aliphatic heterocycles. The molecule has 140 valence electrons. The van der Waals surface area contributed by atoms with Crippen molar-refractivity contribution in [3.63, 3.8) is 0 Å². The summed E-state index contributed by atoms with van der Waals surface area (Å²) in [6.45, 7) is 5.64. The van der Waals surface area contributed by atoms with E-state index in [1.54, 1.807) is 19.1 Å². The number of nitrogens with zero attached hydrogens (tertiary/aromatic N) is 1. The summed E-state index contributed by atoms with van der Waals surface area (Å²) in [5.41, 5.74) is 2.82. The minimum Gasteiger partial charge on any atom is -0.467 e. The van der Waals surface area contributed by atoms with Gasteiger partial charge in [0, 0.05) is 11.1 Å². The zero-order valence-corrected chi connectivity index (χ0v) is 15.6. The Morgan fingerprint density at radius 2 is 2.00 bits per heavy atom. The van der Waals surface area contributed by atoms with Gasteiger partial charge in [-0.2, -0.15) is 0 Å². The Kier molecular flexibility index (Phi) is 5.54. The molecule has 6 nitrogen and oxygen atoms in total. The topological polar surface area (TPSA) is 81.4 Å². The van der Waals surface area contributed by atoms with Crippen LogP contribution in [0.4, 0.5) is 0 Å². The maximum Gasteiger partial charge on any atom is 0.339 e. The Morgan fingerprint density at radius 1 is 1.22 bits per heavy atom. The minimum atomic E-state index is -0.927. The molecule has 0 spiro atoms. The first-order valence-corrected chi connectivity index (χ1v) is 8.90. The average molecular weight is 366 g/mol. The normalized spacial score (nSPS) is 12.0. The van der Waals surface area contributed by atoms with Crippen LogP contribution in [0, 0.1) is 6.92 Å². The quantitative estimate of drug-likeness (QED) is 0.675. The Bertz CT molecular complexity index is 964. The third kappa shape index (κ3) is 4.00. The Morgan fingerprint density at radius 3 is 2.70 bits per heavy atom.